The van der Waals surface area contributed by atoms with Crippen LogP contribution in [0.15, 0.2) is 12.1 Å². The van der Waals surface area contributed by atoms with Gasteiger partial charge in [0.05, 0.1) is 5.56 Å². The molecule has 0 aliphatic rings. The molecular formula is C8H6Cl2F3N. The second kappa shape index (κ2) is 3.87. The fourth-order valence-corrected chi connectivity index (χ4v) is 1.70. The lowest BCUT2D eigenvalue weighted by molar-refractivity contribution is -0.138. The van der Waals surface area contributed by atoms with E-state index < -0.39 is 11.7 Å². The lowest BCUT2D eigenvalue weighted by Crippen LogP contribution is -2.09. The minimum absolute atomic E-state index is 0.0313. The molecule has 14 heavy (non-hydrogen) atoms. The van der Waals surface area contributed by atoms with Crippen LogP contribution in [0.3, 0.4) is 0 Å². The molecule has 0 saturated heterocycles. The number of rotatable bonds is 1. The van der Waals surface area contributed by atoms with E-state index >= 15 is 0 Å². The molecule has 78 valence electrons. The zero-order chi connectivity index (χ0) is 10.9. The van der Waals surface area contributed by atoms with Gasteiger partial charge in [0.1, 0.15) is 0 Å². The van der Waals surface area contributed by atoms with E-state index in [0.29, 0.717) is 0 Å². The van der Waals surface area contributed by atoms with Gasteiger partial charge in [0.25, 0.3) is 0 Å². The zero-order valence-corrected chi connectivity index (χ0v) is 8.34. The number of halogens is 5. The van der Waals surface area contributed by atoms with Gasteiger partial charge in [0, 0.05) is 16.6 Å². The van der Waals surface area contributed by atoms with Gasteiger partial charge in [0.15, 0.2) is 0 Å². The maximum Gasteiger partial charge on any atom is 0.416 e. The van der Waals surface area contributed by atoms with Crippen LogP contribution in [0.4, 0.5) is 18.9 Å². The first-order chi connectivity index (χ1) is 6.36. The molecule has 0 saturated carbocycles. The Labute approximate surface area is 88.6 Å². The Kier molecular flexibility index (Phi) is 3.17. The molecule has 1 aromatic carbocycles. The molecule has 6 heteroatoms. The third-order valence-corrected chi connectivity index (χ3v) is 2.26. The summed E-state index contributed by atoms with van der Waals surface area (Å²) in [4.78, 5) is 0. The molecule has 1 aromatic rings. The van der Waals surface area contributed by atoms with Gasteiger partial charge in [-0.3, -0.25) is 0 Å². The summed E-state index contributed by atoms with van der Waals surface area (Å²) in [5.74, 6) is -0.298. The van der Waals surface area contributed by atoms with Crippen molar-refractivity contribution >= 4 is 28.9 Å². The Morgan fingerprint density at radius 3 is 2.29 bits per heavy atom. The van der Waals surface area contributed by atoms with Crippen molar-refractivity contribution in [1.29, 1.82) is 0 Å². The van der Waals surface area contributed by atoms with E-state index in [0.717, 1.165) is 6.07 Å². The molecule has 1 rings (SSSR count). The molecule has 0 aliphatic carbocycles. The van der Waals surface area contributed by atoms with Crippen molar-refractivity contribution in [3.63, 3.8) is 0 Å². The molecule has 0 atom stereocenters. The van der Waals surface area contributed by atoms with Crippen molar-refractivity contribution in [2.24, 2.45) is 0 Å². The summed E-state index contributed by atoms with van der Waals surface area (Å²) < 4.78 is 37.3. The van der Waals surface area contributed by atoms with Crippen LogP contribution in [-0.4, -0.2) is 0 Å². The number of nitrogen functional groups attached to an aromatic ring is 1. The standard InChI is InChI=1S/C8H6Cl2F3N/c9-3-5-6(8(11,12)13)1-4(14)2-7(5)10/h1-2H,3,14H2. The zero-order valence-electron chi connectivity index (χ0n) is 6.83. The Balaban J connectivity index is 3.40. The maximum absolute atomic E-state index is 12.4. The van der Waals surface area contributed by atoms with Gasteiger partial charge < -0.3 is 5.73 Å². The number of nitrogens with two attached hydrogens (primary N) is 1. The fourth-order valence-electron chi connectivity index (χ4n) is 1.05. The molecule has 0 heterocycles. The van der Waals surface area contributed by atoms with E-state index in [1.807, 2.05) is 0 Å². The summed E-state index contributed by atoms with van der Waals surface area (Å²) in [6, 6.07) is 2.07. The molecule has 0 aliphatic heterocycles. The number of anilines is 1. The average Bonchev–Trinajstić information content (AvgIpc) is 2.01. The van der Waals surface area contributed by atoms with Crippen LogP contribution in [0.2, 0.25) is 5.02 Å². The van der Waals surface area contributed by atoms with Crippen molar-refractivity contribution in [2.75, 3.05) is 5.73 Å². The predicted molar refractivity (Wildman–Crippen MR) is 50.4 cm³/mol. The predicted octanol–water partition coefficient (Wildman–Crippen LogP) is 3.68. The third-order valence-electron chi connectivity index (χ3n) is 1.66. The Hall–Kier alpha value is -0.610. The molecule has 0 aromatic heterocycles. The molecule has 0 bridgehead atoms. The average molecular weight is 244 g/mol. The van der Waals surface area contributed by atoms with Gasteiger partial charge in [-0.2, -0.15) is 13.2 Å². The van der Waals surface area contributed by atoms with Crippen molar-refractivity contribution in [1.82, 2.24) is 0 Å². The van der Waals surface area contributed by atoms with Gasteiger partial charge in [-0.25, -0.2) is 0 Å². The Morgan fingerprint density at radius 2 is 1.86 bits per heavy atom. The summed E-state index contributed by atoms with van der Waals surface area (Å²) in [6.07, 6.45) is -4.48. The first-order valence-corrected chi connectivity index (χ1v) is 4.48. The van der Waals surface area contributed by atoms with Gasteiger partial charge >= 0.3 is 6.18 Å². The molecule has 1 nitrogen and oxygen atoms in total. The Morgan fingerprint density at radius 1 is 1.29 bits per heavy atom. The van der Waals surface area contributed by atoms with Crippen LogP contribution in [0, 0.1) is 0 Å². The van der Waals surface area contributed by atoms with Crippen LogP contribution < -0.4 is 5.73 Å². The second-order valence-electron chi connectivity index (χ2n) is 2.66. The SMILES string of the molecule is Nc1cc(Cl)c(CCl)c(C(F)(F)F)c1. The van der Waals surface area contributed by atoms with E-state index in [2.05, 4.69) is 0 Å². The highest BCUT2D eigenvalue weighted by atomic mass is 35.5. The Bertz CT molecular complexity index is 349. The summed E-state index contributed by atoms with van der Waals surface area (Å²) >= 11 is 10.9. The smallest absolute Gasteiger partial charge is 0.399 e. The lowest BCUT2D eigenvalue weighted by atomic mass is 10.1. The molecule has 0 unspecified atom stereocenters. The quantitative estimate of drug-likeness (QED) is 0.591. The molecule has 0 radical (unpaired) electrons. The number of benzene rings is 1. The topological polar surface area (TPSA) is 26.0 Å². The summed E-state index contributed by atoms with van der Waals surface area (Å²) in [5.41, 5.74) is 4.20. The lowest BCUT2D eigenvalue weighted by Gasteiger charge is -2.13. The molecule has 0 amide bonds. The fraction of sp³-hybridized carbons (Fsp3) is 0.250. The minimum Gasteiger partial charge on any atom is -0.399 e. The highest BCUT2D eigenvalue weighted by Crippen LogP contribution is 2.37. The maximum atomic E-state index is 12.4. The monoisotopic (exact) mass is 243 g/mol. The van der Waals surface area contributed by atoms with Crippen molar-refractivity contribution in [3.8, 4) is 0 Å². The first kappa shape index (κ1) is 11.5. The highest BCUT2D eigenvalue weighted by Gasteiger charge is 2.34. The normalized spacial score (nSPS) is 11.8. The van der Waals surface area contributed by atoms with E-state index in [1.54, 1.807) is 0 Å². The van der Waals surface area contributed by atoms with Crippen molar-refractivity contribution in [2.45, 2.75) is 12.1 Å². The van der Waals surface area contributed by atoms with Crippen LogP contribution in [0.25, 0.3) is 0 Å². The van der Waals surface area contributed by atoms with Crippen LogP contribution in [-0.2, 0) is 12.1 Å². The minimum atomic E-state index is -4.48. The molecule has 0 fully saturated rings. The highest BCUT2D eigenvalue weighted by molar-refractivity contribution is 6.32. The van der Waals surface area contributed by atoms with Gasteiger partial charge in [-0.1, -0.05) is 11.6 Å². The molecule has 2 N–H and O–H groups in total. The number of hydrogen-bond donors (Lipinski definition) is 1. The summed E-state index contributed by atoms with van der Waals surface area (Å²) in [7, 11) is 0. The van der Waals surface area contributed by atoms with Crippen molar-refractivity contribution < 1.29 is 13.2 Å². The van der Waals surface area contributed by atoms with E-state index in [9.17, 15) is 13.2 Å². The van der Waals surface area contributed by atoms with E-state index in [-0.39, 0.29) is 22.2 Å². The van der Waals surface area contributed by atoms with Crippen molar-refractivity contribution in [3.05, 3.63) is 28.3 Å². The van der Waals surface area contributed by atoms with Gasteiger partial charge in [0.2, 0.25) is 0 Å². The number of alkyl halides is 4. The van der Waals surface area contributed by atoms with Gasteiger partial charge in [-0.05, 0) is 17.7 Å². The van der Waals surface area contributed by atoms with Crippen LogP contribution in [0.1, 0.15) is 11.1 Å². The van der Waals surface area contributed by atoms with Crippen LogP contribution in [0.5, 0.6) is 0 Å². The third kappa shape index (κ3) is 2.25. The molecule has 0 spiro atoms. The van der Waals surface area contributed by atoms with Crippen LogP contribution >= 0.6 is 23.2 Å². The van der Waals surface area contributed by atoms with Gasteiger partial charge in [-0.15, -0.1) is 11.6 Å². The summed E-state index contributed by atoms with van der Waals surface area (Å²) in [5, 5.41) is -0.0627. The second-order valence-corrected chi connectivity index (χ2v) is 3.33. The molecular weight excluding hydrogens is 238 g/mol. The summed E-state index contributed by atoms with van der Waals surface area (Å²) in [6.45, 7) is 0. The van der Waals surface area contributed by atoms with E-state index in [1.165, 1.54) is 6.07 Å². The van der Waals surface area contributed by atoms with E-state index in [4.69, 9.17) is 28.9 Å². The number of hydrogen-bond acceptors (Lipinski definition) is 1. The first-order valence-electron chi connectivity index (χ1n) is 3.57. The largest absolute Gasteiger partial charge is 0.416 e.